The summed E-state index contributed by atoms with van der Waals surface area (Å²) >= 11 is 1.02. The van der Waals surface area contributed by atoms with E-state index in [2.05, 4.69) is 11.4 Å². The summed E-state index contributed by atoms with van der Waals surface area (Å²) in [6.45, 7) is 4.06. The lowest BCUT2D eigenvalue weighted by molar-refractivity contribution is -0.175. The number of carbonyl (C=O) groups is 3. The maximum atomic E-state index is 13.3. The summed E-state index contributed by atoms with van der Waals surface area (Å²) in [5.41, 5.74) is 3.30. The minimum Gasteiger partial charge on any atom is -0.504 e. The number of hydrogen-bond acceptors (Lipinski definition) is 13. The fraction of sp³-hybridized carbons (Fsp3) is 0.500. The van der Waals surface area contributed by atoms with Crippen molar-refractivity contribution in [2.75, 3.05) is 26.3 Å². The number of benzene rings is 2. The van der Waals surface area contributed by atoms with Crippen molar-refractivity contribution in [1.29, 1.82) is 5.26 Å². The quantitative estimate of drug-likeness (QED) is 0.315. The molecule has 5 heterocycles. The molecule has 0 aromatic heterocycles. The number of halogens is 3. The van der Waals surface area contributed by atoms with Gasteiger partial charge >= 0.3 is 24.0 Å². The minimum absolute atomic E-state index is 0.106. The number of phenols is 1. The van der Waals surface area contributed by atoms with Crippen LogP contribution >= 0.6 is 11.8 Å². The first-order valence-corrected chi connectivity index (χ1v) is 16.4. The van der Waals surface area contributed by atoms with Crippen LogP contribution in [0.4, 0.5) is 13.2 Å². The van der Waals surface area contributed by atoms with Gasteiger partial charge < -0.3 is 39.4 Å². The fourth-order valence-corrected chi connectivity index (χ4v) is 9.43. The van der Waals surface area contributed by atoms with Gasteiger partial charge in [-0.1, -0.05) is 6.07 Å². The Balaban J connectivity index is 1.49. The van der Waals surface area contributed by atoms with Gasteiger partial charge in [0, 0.05) is 47.0 Å². The van der Waals surface area contributed by atoms with Crippen molar-refractivity contribution in [3.05, 3.63) is 39.4 Å². The molecule has 7 rings (SSSR count). The average Bonchev–Trinajstić information content (AvgIpc) is 3.53. The molecule has 7 atom stereocenters. The number of aryl methyl sites for hydroxylation is 1. The van der Waals surface area contributed by atoms with Crippen LogP contribution in [0.15, 0.2) is 6.07 Å². The maximum absolute atomic E-state index is 13.3. The second kappa shape index (κ2) is 11.9. The molecule has 17 heteroatoms. The van der Waals surface area contributed by atoms with Crippen LogP contribution in [-0.4, -0.2) is 84.5 Å². The van der Waals surface area contributed by atoms with E-state index in [1.807, 2.05) is 11.0 Å². The zero-order valence-corrected chi connectivity index (χ0v) is 27.4. The van der Waals surface area contributed by atoms with E-state index < -0.39 is 77.9 Å². The third kappa shape index (κ3) is 5.10. The topological polar surface area (TPSA) is 169 Å². The van der Waals surface area contributed by atoms with Crippen LogP contribution in [0, 0.1) is 25.2 Å². The van der Waals surface area contributed by atoms with Gasteiger partial charge in [-0.05, 0) is 31.4 Å². The van der Waals surface area contributed by atoms with Crippen LogP contribution in [-0.2, 0) is 25.5 Å². The number of ether oxygens (including phenoxy) is 5. The summed E-state index contributed by atoms with van der Waals surface area (Å²) in [5.74, 6) is -3.56. The summed E-state index contributed by atoms with van der Waals surface area (Å²) in [6.07, 6.45) is -4.90. The number of aromatic hydroxyl groups is 1. The summed E-state index contributed by atoms with van der Waals surface area (Å²) in [7, 11) is 1.43. The van der Waals surface area contributed by atoms with Crippen LogP contribution in [0.5, 0.6) is 28.7 Å². The third-order valence-electron chi connectivity index (χ3n) is 9.71. The zero-order chi connectivity index (χ0) is 35.1. The molecule has 3 N–H and O–H groups in total. The van der Waals surface area contributed by atoms with Crippen molar-refractivity contribution >= 4 is 29.6 Å². The van der Waals surface area contributed by atoms with Crippen LogP contribution in [0.1, 0.15) is 57.6 Å². The van der Waals surface area contributed by atoms with Gasteiger partial charge in [0.05, 0.1) is 30.5 Å². The van der Waals surface area contributed by atoms with E-state index in [0.29, 0.717) is 45.7 Å². The maximum Gasteiger partial charge on any atom is 0.471 e. The minimum atomic E-state index is -5.26. The van der Waals surface area contributed by atoms with Crippen LogP contribution in [0.3, 0.4) is 0 Å². The van der Waals surface area contributed by atoms with Gasteiger partial charge in [0.15, 0.2) is 23.0 Å². The highest BCUT2D eigenvalue weighted by Gasteiger charge is 2.59. The molecule has 5 aliphatic rings. The molecule has 0 saturated carbocycles. The highest BCUT2D eigenvalue weighted by atomic mass is 32.2. The first-order valence-electron chi connectivity index (χ1n) is 15.4. The predicted octanol–water partition coefficient (Wildman–Crippen LogP) is 2.94. The molecule has 0 aliphatic carbocycles. The van der Waals surface area contributed by atoms with Crippen molar-refractivity contribution in [2.24, 2.45) is 0 Å². The van der Waals surface area contributed by atoms with E-state index in [4.69, 9.17) is 23.7 Å². The molecule has 2 aromatic rings. The summed E-state index contributed by atoms with van der Waals surface area (Å²) < 4.78 is 68.9. The molecular formula is C32H31F3N4O9S. The summed E-state index contributed by atoms with van der Waals surface area (Å²) in [5, 5.41) is 26.8. The van der Waals surface area contributed by atoms with Gasteiger partial charge in [0.2, 0.25) is 6.79 Å². The Labute approximate surface area is 281 Å². The van der Waals surface area contributed by atoms with Crippen LogP contribution < -0.4 is 29.6 Å². The number of alkyl halides is 3. The number of rotatable bonds is 3. The molecule has 1 amide bonds. The van der Waals surface area contributed by atoms with Crippen molar-refractivity contribution in [2.45, 2.75) is 74.9 Å². The molecular weight excluding hydrogens is 673 g/mol. The predicted molar refractivity (Wildman–Crippen MR) is 163 cm³/mol. The van der Waals surface area contributed by atoms with Crippen molar-refractivity contribution in [3.63, 3.8) is 0 Å². The molecule has 2 aromatic carbocycles. The zero-order valence-electron chi connectivity index (χ0n) is 26.6. The van der Waals surface area contributed by atoms with Gasteiger partial charge in [-0.25, -0.2) is 4.79 Å². The number of thioether (sulfide) groups is 1. The van der Waals surface area contributed by atoms with Gasteiger partial charge in [-0.3, -0.25) is 14.5 Å². The van der Waals surface area contributed by atoms with Gasteiger partial charge in [0.1, 0.15) is 24.4 Å². The number of amides is 1. The number of hydrogen-bond donors (Lipinski definition) is 3. The number of fused-ring (bicyclic) bond motifs is 9. The molecule has 13 nitrogen and oxygen atoms in total. The van der Waals surface area contributed by atoms with Crippen molar-refractivity contribution < 1.29 is 56.3 Å². The molecule has 2 saturated heterocycles. The van der Waals surface area contributed by atoms with E-state index in [9.17, 15) is 37.9 Å². The number of cyclic esters (lactones) is 1. The molecule has 0 spiro atoms. The molecule has 49 heavy (non-hydrogen) atoms. The molecule has 2 fully saturated rings. The first-order chi connectivity index (χ1) is 23.3. The number of nitrogens with one attached hydrogen (secondary N) is 2. The van der Waals surface area contributed by atoms with E-state index in [-0.39, 0.29) is 24.0 Å². The standard InChI is InChI=1S/C32H31F3N4O9S/c1-11-5-14-6-15-17(7-36)39-18-8-45-30(42)16(38-31(43)32(33,34)35)9-49-29(23(39)22(37-15)19(14)24(41)25(11)44-4)21-20(18)28-27(46-10-47-28)12(2)26(21)48-13(3)40/h5,15-18,22-23,29,37,41H,6,8-10H2,1-4H3,(H,38,43)/t15-,16?,17+,18+,22-,23-,29-/m1/s1. The third-order valence-corrected chi connectivity index (χ3v) is 11.1. The molecule has 4 bridgehead atoms. The summed E-state index contributed by atoms with van der Waals surface area (Å²) in [6, 6.07) is -1.10. The van der Waals surface area contributed by atoms with E-state index in [1.165, 1.54) is 14.0 Å². The van der Waals surface area contributed by atoms with E-state index in [0.717, 1.165) is 17.3 Å². The number of esters is 2. The van der Waals surface area contributed by atoms with Gasteiger partial charge in [-0.15, -0.1) is 11.8 Å². The molecule has 260 valence electrons. The molecule has 1 unspecified atom stereocenters. The van der Waals surface area contributed by atoms with E-state index >= 15 is 0 Å². The number of nitrogens with zero attached hydrogens (tertiary/aromatic N) is 2. The Hall–Kier alpha value is -4.40. The van der Waals surface area contributed by atoms with Crippen molar-refractivity contribution in [1.82, 2.24) is 15.5 Å². The first kappa shape index (κ1) is 33.1. The second-order valence-electron chi connectivity index (χ2n) is 12.5. The molecule has 5 aliphatic heterocycles. The number of phenolic OH excluding ortho intramolecular Hbond substituents is 1. The second-order valence-corrected chi connectivity index (χ2v) is 13.7. The van der Waals surface area contributed by atoms with Crippen LogP contribution in [0.25, 0.3) is 0 Å². The Bertz CT molecular complexity index is 1830. The smallest absolute Gasteiger partial charge is 0.471 e. The Morgan fingerprint density at radius 2 is 1.90 bits per heavy atom. The number of carbonyl (C=O) groups excluding carboxylic acids is 3. The Morgan fingerprint density at radius 3 is 2.57 bits per heavy atom. The Kier molecular flexibility index (Phi) is 8.03. The normalized spacial score (nSPS) is 28.3. The van der Waals surface area contributed by atoms with Crippen LogP contribution in [0.2, 0.25) is 0 Å². The van der Waals surface area contributed by atoms with Gasteiger partial charge in [0.25, 0.3) is 0 Å². The molecule has 0 radical (unpaired) electrons. The lowest BCUT2D eigenvalue weighted by atomic mass is 9.72. The fourth-order valence-electron chi connectivity index (χ4n) is 7.91. The highest BCUT2D eigenvalue weighted by Crippen LogP contribution is 2.62. The monoisotopic (exact) mass is 704 g/mol. The lowest BCUT2D eigenvalue weighted by Crippen LogP contribution is -2.69. The number of piperazine rings is 1. The lowest BCUT2D eigenvalue weighted by Gasteiger charge is -2.59. The number of methoxy groups -OCH3 is 1. The highest BCUT2D eigenvalue weighted by molar-refractivity contribution is 7.99. The largest absolute Gasteiger partial charge is 0.504 e. The van der Waals surface area contributed by atoms with Gasteiger partial charge in [-0.2, -0.15) is 18.4 Å². The summed E-state index contributed by atoms with van der Waals surface area (Å²) in [4.78, 5) is 39.8. The average molecular weight is 705 g/mol. The SMILES string of the molecule is COc1c(C)cc2c(c1O)[C@H]1N[C@H](C2)[C@H](C#N)N2[C@H]1[C@@H]1SCC(NC(=O)C(F)(F)F)C(=O)OC[C@H]2c2c3c(c(C)c(OC(C)=O)c21)OCO3. The van der Waals surface area contributed by atoms with Crippen molar-refractivity contribution in [3.8, 4) is 34.8 Å². The van der Waals surface area contributed by atoms with E-state index in [1.54, 1.807) is 19.2 Å². The number of nitriles is 1. The Morgan fingerprint density at radius 1 is 1.16 bits per heavy atom.